The molecule has 0 aromatic heterocycles. The molecule has 0 bridgehead atoms. The summed E-state index contributed by atoms with van der Waals surface area (Å²) in [6.45, 7) is 8.82. The summed E-state index contributed by atoms with van der Waals surface area (Å²) in [7, 11) is 0. The lowest BCUT2D eigenvalue weighted by atomic mass is 9.96. The highest BCUT2D eigenvalue weighted by atomic mass is 15.1. The second kappa shape index (κ2) is 11.7. The Labute approximate surface area is 211 Å². The summed E-state index contributed by atoms with van der Waals surface area (Å²) < 4.78 is 0. The van der Waals surface area contributed by atoms with Crippen LogP contribution in [0.25, 0.3) is 5.57 Å². The summed E-state index contributed by atoms with van der Waals surface area (Å²) >= 11 is 0. The van der Waals surface area contributed by atoms with Crippen molar-refractivity contribution in [1.29, 1.82) is 0 Å². The summed E-state index contributed by atoms with van der Waals surface area (Å²) in [6.07, 6.45) is 6.48. The second-order valence-electron chi connectivity index (χ2n) is 9.05. The molecule has 0 radical (unpaired) electrons. The van der Waals surface area contributed by atoms with E-state index in [9.17, 15) is 0 Å². The summed E-state index contributed by atoms with van der Waals surface area (Å²) in [5, 5.41) is 0. The van der Waals surface area contributed by atoms with Gasteiger partial charge in [0.25, 0.3) is 0 Å². The van der Waals surface area contributed by atoms with E-state index in [1.54, 1.807) is 0 Å². The maximum Gasteiger partial charge on any atom is 0.0455 e. The molecule has 0 atom stereocenters. The minimum absolute atomic E-state index is 1.04. The lowest BCUT2D eigenvalue weighted by Crippen LogP contribution is -2.10. The molecule has 0 amide bonds. The molecule has 0 unspecified atom stereocenters. The number of hydrogen-bond donors (Lipinski definition) is 0. The average Bonchev–Trinajstić information content (AvgIpc) is 2.94. The van der Waals surface area contributed by atoms with Crippen molar-refractivity contribution in [2.75, 3.05) is 4.90 Å². The van der Waals surface area contributed by atoms with Gasteiger partial charge < -0.3 is 4.90 Å². The van der Waals surface area contributed by atoms with Crippen LogP contribution in [0.3, 0.4) is 0 Å². The van der Waals surface area contributed by atoms with Gasteiger partial charge in [-0.15, -0.1) is 0 Å². The highest BCUT2D eigenvalue weighted by Crippen LogP contribution is 2.32. The third kappa shape index (κ3) is 5.92. The van der Waals surface area contributed by atoms with Crippen LogP contribution >= 0.6 is 0 Å². The molecular formula is C34H37N. The first kappa shape index (κ1) is 24.5. The van der Waals surface area contributed by atoms with Crippen LogP contribution in [-0.2, 0) is 25.7 Å². The number of aryl methyl sites for hydroxylation is 4. The Morgan fingerprint density at radius 1 is 0.457 bits per heavy atom. The quantitative estimate of drug-likeness (QED) is 0.241. The summed E-state index contributed by atoms with van der Waals surface area (Å²) in [4.78, 5) is 2.33. The molecule has 0 saturated heterocycles. The van der Waals surface area contributed by atoms with Crippen LogP contribution in [0.5, 0.6) is 0 Å². The van der Waals surface area contributed by atoms with Gasteiger partial charge in [0.1, 0.15) is 0 Å². The third-order valence-corrected chi connectivity index (χ3v) is 6.85. The van der Waals surface area contributed by atoms with Gasteiger partial charge in [0.15, 0.2) is 0 Å². The van der Waals surface area contributed by atoms with Crippen molar-refractivity contribution in [3.63, 3.8) is 0 Å². The number of nitrogens with zero attached hydrogens (tertiary/aromatic N) is 1. The third-order valence-electron chi connectivity index (χ3n) is 6.85. The fourth-order valence-electron chi connectivity index (χ4n) is 4.37. The van der Waals surface area contributed by atoms with Crippen LogP contribution in [0, 0.1) is 0 Å². The van der Waals surface area contributed by atoms with Crippen LogP contribution in [0.2, 0.25) is 0 Å². The Bertz CT molecular complexity index is 1130. The fourth-order valence-corrected chi connectivity index (χ4v) is 4.37. The van der Waals surface area contributed by atoms with Gasteiger partial charge in [-0.3, -0.25) is 0 Å². The zero-order valence-corrected chi connectivity index (χ0v) is 21.6. The topological polar surface area (TPSA) is 3.24 Å². The second-order valence-corrected chi connectivity index (χ2v) is 9.05. The Hall–Kier alpha value is -3.58. The van der Waals surface area contributed by atoms with Crippen LogP contribution in [0.4, 0.5) is 11.4 Å². The van der Waals surface area contributed by atoms with Gasteiger partial charge in [-0.05, 0) is 83.3 Å². The van der Waals surface area contributed by atoms with Crippen molar-refractivity contribution in [2.45, 2.75) is 53.4 Å². The van der Waals surface area contributed by atoms with E-state index in [0.29, 0.717) is 0 Å². The molecule has 4 aromatic carbocycles. The minimum atomic E-state index is 1.04. The van der Waals surface area contributed by atoms with Crippen molar-refractivity contribution in [1.82, 2.24) is 0 Å². The monoisotopic (exact) mass is 459 g/mol. The first-order valence-corrected chi connectivity index (χ1v) is 13.0. The Morgan fingerprint density at radius 3 is 1.03 bits per heavy atom. The van der Waals surface area contributed by atoms with Crippen LogP contribution < -0.4 is 4.90 Å². The molecule has 35 heavy (non-hydrogen) atoms. The highest BCUT2D eigenvalue weighted by Gasteiger charge is 2.13. The number of rotatable bonds is 9. The fraction of sp³-hybridized carbons (Fsp3) is 0.235. The van der Waals surface area contributed by atoms with E-state index >= 15 is 0 Å². The SMILES string of the molecule is CCc1ccc(C(=CN(c2ccc(CC)cc2)c2ccc(CC)cc2)c2ccc(CC)cc2)cc1. The van der Waals surface area contributed by atoms with Crippen LogP contribution in [0.1, 0.15) is 61.1 Å². The summed E-state index contributed by atoms with van der Waals surface area (Å²) in [5.74, 6) is 0. The van der Waals surface area contributed by atoms with Crippen molar-refractivity contribution >= 4 is 16.9 Å². The number of benzene rings is 4. The zero-order chi connectivity index (χ0) is 24.6. The normalized spacial score (nSPS) is 10.7. The number of hydrogen-bond acceptors (Lipinski definition) is 1. The molecule has 0 saturated carbocycles. The Morgan fingerprint density at radius 2 is 0.743 bits per heavy atom. The van der Waals surface area contributed by atoms with E-state index in [0.717, 1.165) is 25.7 Å². The number of anilines is 2. The van der Waals surface area contributed by atoms with Crippen LogP contribution in [-0.4, -0.2) is 0 Å². The molecule has 0 aliphatic carbocycles. The van der Waals surface area contributed by atoms with Crippen molar-refractivity contribution in [3.05, 3.63) is 137 Å². The molecule has 178 valence electrons. The smallest absolute Gasteiger partial charge is 0.0455 e. The van der Waals surface area contributed by atoms with Gasteiger partial charge in [0.05, 0.1) is 0 Å². The van der Waals surface area contributed by atoms with Gasteiger partial charge in [-0.25, -0.2) is 0 Å². The van der Waals surface area contributed by atoms with Crippen molar-refractivity contribution in [2.24, 2.45) is 0 Å². The summed E-state index contributed by atoms with van der Waals surface area (Å²) in [5.41, 5.74) is 11.4. The van der Waals surface area contributed by atoms with Gasteiger partial charge in [-0.1, -0.05) is 100 Å². The molecule has 0 spiro atoms. The minimum Gasteiger partial charge on any atom is -0.317 e. The van der Waals surface area contributed by atoms with Gasteiger partial charge in [-0.2, -0.15) is 0 Å². The van der Waals surface area contributed by atoms with Crippen molar-refractivity contribution < 1.29 is 0 Å². The van der Waals surface area contributed by atoms with Gasteiger partial charge >= 0.3 is 0 Å². The van der Waals surface area contributed by atoms with E-state index in [4.69, 9.17) is 0 Å². The summed E-state index contributed by atoms with van der Waals surface area (Å²) in [6, 6.07) is 35.9. The van der Waals surface area contributed by atoms with E-state index in [-0.39, 0.29) is 0 Å². The van der Waals surface area contributed by atoms with Crippen LogP contribution in [0.15, 0.2) is 103 Å². The molecular weight excluding hydrogens is 422 g/mol. The van der Waals surface area contributed by atoms with E-state index in [2.05, 4.69) is 136 Å². The molecule has 4 aromatic rings. The molecule has 0 aliphatic rings. The largest absolute Gasteiger partial charge is 0.317 e. The van der Waals surface area contributed by atoms with E-state index < -0.39 is 0 Å². The van der Waals surface area contributed by atoms with Gasteiger partial charge in [0.2, 0.25) is 0 Å². The molecule has 1 nitrogen and oxygen atoms in total. The van der Waals surface area contributed by atoms with Gasteiger partial charge in [0, 0.05) is 23.1 Å². The zero-order valence-electron chi connectivity index (χ0n) is 21.6. The Kier molecular flexibility index (Phi) is 8.21. The van der Waals surface area contributed by atoms with E-state index in [1.807, 2.05) is 0 Å². The molecule has 0 heterocycles. The first-order chi connectivity index (χ1) is 17.1. The van der Waals surface area contributed by atoms with E-state index in [1.165, 1.54) is 50.3 Å². The average molecular weight is 460 g/mol. The molecule has 0 N–H and O–H groups in total. The Balaban J connectivity index is 1.88. The maximum atomic E-state index is 2.33. The molecule has 0 aliphatic heterocycles. The molecule has 1 heteroatoms. The lowest BCUT2D eigenvalue weighted by molar-refractivity contribution is 1.13. The maximum absolute atomic E-state index is 2.33. The predicted molar refractivity (Wildman–Crippen MR) is 152 cm³/mol. The highest BCUT2D eigenvalue weighted by molar-refractivity contribution is 5.84. The lowest BCUT2D eigenvalue weighted by Gasteiger charge is -2.24. The molecule has 0 fully saturated rings. The predicted octanol–water partition coefficient (Wildman–Crippen LogP) is 9.16. The molecule has 4 rings (SSSR count). The van der Waals surface area contributed by atoms with Crippen molar-refractivity contribution in [3.8, 4) is 0 Å². The first-order valence-electron chi connectivity index (χ1n) is 13.0. The standard InChI is InChI=1S/C34H37N/c1-5-26-9-17-30(18-10-26)34(31-19-11-27(6-2)12-20-31)25-35(32-21-13-28(7-3)14-22-32)33-23-15-29(8-4)16-24-33/h9-25H,5-8H2,1-4H3.